The summed E-state index contributed by atoms with van der Waals surface area (Å²) in [6.07, 6.45) is 7.21. The Morgan fingerprint density at radius 3 is 2.67 bits per heavy atom. The summed E-state index contributed by atoms with van der Waals surface area (Å²) in [6, 6.07) is 3.10. The second-order valence-corrected chi connectivity index (χ2v) is 16.6. The number of nitrogens with zero attached hydrogens (tertiary/aromatic N) is 4. The fourth-order valence-corrected chi connectivity index (χ4v) is 9.34. The molecule has 17 nitrogen and oxygen atoms in total. The number of benzene rings is 1. The highest BCUT2D eigenvalue weighted by molar-refractivity contribution is 5.96. The first-order valence-electron chi connectivity index (χ1n) is 20.7. The van der Waals surface area contributed by atoms with E-state index < -0.39 is 48.8 Å². The molecule has 1 amide bonds. The van der Waals surface area contributed by atoms with E-state index in [0.29, 0.717) is 90.4 Å². The molecule has 6 aliphatic heterocycles. The summed E-state index contributed by atoms with van der Waals surface area (Å²) in [5.74, 6) is 0.993. The molecular formula is C43H54N6O11. The first kappa shape index (κ1) is 42.0. The zero-order valence-electron chi connectivity index (χ0n) is 34.0. The van der Waals surface area contributed by atoms with Crippen LogP contribution in [0.15, 0.2) is 78.4 Å². The van der Waals surface area contributed by atoms with E-state index in [1.165, 1.54) is 6.07 Å². The minimum Gasteiger partial charge on any atom is -0.482 e. The lowest BCUT2D eigenvalue weighted by atomic mass is 9.79. The molecule has 0 aliphatic carbocycles. The first-order chi connectivity index (χ1) is 28.9. The fraction of sp³-hybridized carbons (Fsp3) is 0.535. The maximum Gasteiger partial charge on any atom is 0.220 e. The van der Waals surface area contributed by atoms with Crippen LogP contribution >= 0.6 is 0 Å². The summed E-state index contributed by atoms with van der Waals surface area (Å²) in [5, 5.41) is 61.4. The number of ether oxygens (including phenoxy) is 1. The molecule has 8 rings (SSSR count). The van der Waals surface area contributed by atoms with Gasteiger partial charge in [-0.05, 0) is 70.0 Å². The predicted octanol–water partition coefficient (Wildman–Crippen LogP) is 1.04. The second kappa shape index (κ2) is 17.0. The summed E-state index contributed by atoms with van der Waals surface area (Å²) in [6.45, 7) is 3.32. The van der Waals surface area contributed by atoms with Crippen molar-refractivity contribution in [2.75, 3.05) is 51.3 Å². The molecule has 1 fully saturated rings. The molecule has 0 bridgehead atoms. The van der Waals surface area contributed by atoms with Gasteiger partial charge in [-0.15, -0.1) is 0 Å². The average molecular weight is 831 g/mol. The molecule has 8 unspecified atom stereocenters. The van der Waals surface area contributed by atoms with Crippen LogP contribution < -0.4 is 25.7 Å². The molecule has 1 saturated heterocycles. The molecule has 8 atom stereocenters. The number of anilines is 1. The SMILES string of the molecule is CCC1C2=CC=NC2=CN1c1c2c(cc3c(=O)cc(C)oc13)CC(OOCC(O)C(O)(CN1CC=C3N=CC=C31)C(O)C(O)CO)C(CCNC)(CCC1CNC(=O)C1)O2. The normalized spacial score (nSPS) is 26.5. The van der Waals surface area contributed by atoms with Gasteiger partial charge in [0, 0.05) is 68.2 Å². The molecule has 17 heteroatoms. The van der Waals surface area contributed by atoms with Crippen molar-refractivity contribution in [3.8, 4) is 5.75 Å². The van der Waals surface area contributed by atoms with Crippen LogP contribution in [0.2, 0.25) is 0 Å². The lowest BCUT2D eigenvalue weighted by Crippen LogP contribution is -2.63. The lowest BCUT2D eigenvalue weighted by Gasteiger charge is -2.46. The van der Waals surface area contributed by atoms with Gasteiger partial charge in [-0.25, -0.2) is 9.78 Å². The quantitative estimate of drug-likeness (QED) is 0.0823. The van der Waals surface area contributed by atoms with E-state index in [1.807, 2.05) is 25.4 Å². The molecule has 1 aromatic carbocycles. The van der Waals surface area contributed by atoms with Crippen LogP contribution in [0.25, 0.3) is 11.0 Å². The number of aliphatic hydroxyl groups is 5. The van der Waals surface area contributed by atoms with Crippen molar-refractivity contribution >= 4 is 35.0 Å². The van der Waals surface area contributed by atoms with Gasteiger partial charge in [0.15, 0.2) is 16.8 Å². The summed E-state index contributed by atoms with van der Waals surface area (Å²) < 4.78 is 13.7. The van der Waals surface area contributed by atoms with Crippen LogP contribution in [-0.4, -0.2) is 137 Å². The van der Waals surface area contributed by atoms with Gasteiger partial charge < -0.3 is 55.1 Å². The molecule has 322 valence electrons. The minimum absolute atomic E-state index is 0.0164. The summed E-state index contributed by atoms with van der Waals surface area (Å²) in [5.41, 5.74) is 1.13. The van der Waals surface area contributed by atoms with E-state index in [2.05, 4.69) is 32.4 Å². The maximum absolute atomic E-state index is 13.7. The number of carbonyl (C=O) groups excluding carboxylic acids is 1. The number of amides is 1. The fourth-order valence-electron chi connectivity index (χ4n) is 9.34. The summed E-state index contributed by atoms with van der Waals surface area (Å²) >= 11 is 0. The van der Waals surface area contributed by atoms with Crippen LogP contribution in [0, 0.1) is 12.8 Å². The van der Waals surface area contributed by atoms with Crippen molar-refractivity contribution in [2.45, 2.75) is 94.0 Å². The topological polar surface area (TPSA) is 231 Å². The highest BCUT2D eigenvalue weighted by atomic mass is 17.2. The Morgan fingerprint density at radius 1 is 1.12 bits per heavy atom. The number of β-amino-alcohol motifs (C(OH)–C–C–N with tert-alkyl or cyclic N) is 1. The Morgan fingerprint density at radius 2 is 1.92 bits per heavy atom. The third kappa shape index (κ3) is 7.62. The van der Waals surface area contributed by atoms with Crippen LogP contribution in [0.3, 0.4) is 0 Å². The van der Waals surface area contributed by atoms with E-state index in [9.17, 15) is 35.1 Å². The Hall–Kier alpha value is -4.72. The van der Waals surface area contributed by atoms with Gasteiger partial charge in [-0.3, -0.25) is 19.6 Å². The summed E-state index contributed by atoms with van der Waals surface area (Å²) in [7, 11) is 1.83. The number of rotatable bonds is 18. The van der Waals surface area contributed by atoms with Crippen molar-refractivity contribution in [2.24, 2.45) is 15.9 Å². The van der Waals surface area contributed by atoms with Crippen LogP contribution in [0.5, 0.6) is 5.75 Å². The van der Waals surface area contributed by atoms with Gasteiger partial charge in [0.1, 0.15) is 53.7 Å². The van der Waals surface area contributed by atoms with E-state index in [0.717, 1.165) is 17.7 Å². The zero-order chi connectivity index (χ0) is 42.3. The standard InChI is InChI=1S/C43H54N6O11/c1-4-31-27-6-11-46-30(27)20-49(31)38-39-26(17-28-33(51)15-24(2)58-40(28)38)18-36(42(59-39,10-13-44-3)9-5-25-16-37(54)47-19-25)60-57-22-35(53)43(56,41(55)34(52)21-50)23-48-14-8-29-32(48)7-12-45-29/h6-8,11-12,15,17,20,25,31,34-36,41,44,50,52-53,55-56H,4-5,9-10,13-14,16,18-19,21-23H2,1-3H3,(H,47,54). The van der Waals surface area contributed by atoms with Crippen LogP contribution in [-0.2, 0) is 21.0 Å². The number of aliphatic imine (C=N–C) groups is 2. The first-order valence-corrected chi connectivity index (χ1v) is 20.7. The molecule has 0 saturated carbocycles. The van der Waals surface area contributed by atoms with Crippen molar-refractivity contribution in [1.29, 1.82) is 0 Å². The molecule has 2 aromatic rings. The number of fused-ring (bicyclic) bond motifs is 4. The van der Waals surface area contributed by atoms with Gasteiger partial charge in [0.25, 0.3) is 0 Å². The predicted molar refractivity (Wildman–Crippen MR) is 222 cm³/mol. The number of aliphatic hydroxyl groups excluding tert-OH is 4. The van der Waals surface area contributed by atoms with Crippen molar-refractivity contribution < 1.29 is 49.3 Å². The van der Waals surface area contributed by atoms with E-state index >= 15 is 0 Å². The number of hydrogen-bond acceptors (Lipinski definition) is 16. The van der Waals surface area contributed by atoms with Gasteiger partial charge in [0.05, 0.1) is 41.7 Å². The average Bonchev–Trinajstić information content (AvgIpc) is 4.08. The molecule has 6 aliphatic rings. The molecule has 0 spiro atoms. The summed E-state index contributed by atoms with van der Waals surface area (Å²) in [4.78, 5) is 50.8. The Labute approximate surface area is 347 Å². The third-order valence-electron chi connectivity index (χ3n) is 12.7. The number of allylic oxidation sites excluding steroid dienone is 2. The largest absolute Gasteiger partial charge is 0.482 e. The van der Waals surface area contributed by atoms with E-state index in [4.69, 9.17) is 18.9 Å². The van der Waals surface area contributed by atoms with Crippen molar-refractivity contribution in [3.63, 3.8) is 0 Å². The number of aryl methyl sites for hydroxylation is 1. The number of hydrogen-bond donors (Lipinski definition) is 7. The zero-order valence-corrected chi connectivity index (χ0v) is 34.0. The molecular weight excluding hydrogens is 777 g/mol. The van der Waals surface area contributed by atoms with Gasteiger partial charge in [-0.1, -0.05) is 6.92 Å². The highest BCUT2D eigenvalue weighted by Gasteiger charge is 2.51. The lowest BCUT2D eigenvalue weighted by molar-refractivity contribution is -0.367. The molecule has 7 heterocycles. The molecule has 0 radical (unpaired) electrons. The van der Waals surface area contributed by atoms with E-state index in [-0.39, 0.29) is 36.3 Å². The van der Waals surface area contributed by atoms with Crippen LogP contribution in [0.1, 0.15) is 50.4 Å². The van der Waals surface area contributed by atoms with Gasteiger partial charge >= 0.3 is 0 Å². The highest BCUT2D eigenvalue weighted by Crippen LogP contribution is 2.51. The second-order valence-electron chi connectivity index (χ2n) is 16.6. The number of nitrogens with one attached hydrogen (secondary N) is 2. The Balaban J connectivity index is 1.15. The third-order valence-corrected chi connectivity index (χ3v) is 12.7. The number of carbonyl (C=O) groups is 1. The Bertz CT molecular complexity index is 2250. The maximum atomic E-state index is 13.7. The molecule has 60 heavy (non-hydrogen) atoms. The monoisotopic (exact) mass is 830 g/mol. The van der Waals surface area contributed by atoms with Crippen LogP contribution in [0.4, 0.5) is 5.69 Å². The smallest absolute Gasteiger partial charge is 0.220 e. The molecule has 1 aromatic heterocycles. The molecule has 7 N–H and O–H groups in total. The minimum atomic E-state index is -2.41. The van der Waals surface area contributed by atoms with Crippen molar-refractivity contribution in [1.82, 2.24) is 15.5 Å². The van der Waals surface area contributed by atoms with Gasteiger partial charge in [0.2, 0.25) is 5.91 Å². The Kier molecular flexibility index (Phi) is 11.9. The van der Waals surface area contributed by atoms with E-state index in [1.54, 1.807) is 36.4 Å². The van der Waals surface area contributed by atoms with Gasteiger partial charge in [-0.2, -0.15) is 0 Å². The van der Waals surface area contributed by atoms with Crippen molar-refractivity contribution in [3.05, 3.63) is 80.8 Å².